The second kappa shape index (κ2) is 5.34. The number of aromatic nitrogens is 1. The summed E-state index contributed by atoms with van der Waals surface area (Å²) in [5.74, 6) is -0.812. The molecule has 0 saturated heterocycles. The zero-order chi connectivity index (χ0) is 11.3. The summed E-state index contributed by atoms with van der Waals surface area (Å²) < 4.78 is 5.46. The highest BCUT2D eigenvalue weighted by molar-refractivity contribution is 5.90. The second-order valence-electron chi connectivity index (χ2n) is 3.38. The highest BCUT2D eigenvalue weighted by Crippen LogP contribution is 2.16. The third kappa shape index (κ3) is 3.23. The molecule has 1 N–H and O–H groups in total. The maximum absolute atomic E-state index is 10.8. The fraction of sp³-hybridized carbons (Fsp3) is 0.455. The summed E-state index contributed by atoms with van der Waals surface area (Å²) in [6.07, 6.45) is 3.40. The maximum Gasteiger partial charge on any atom is 0.341 e. The molecule has 0 fully saturated rings. The third-order valence-electron chi connectivity index (χ3n) is 2.01. The predicted octanol–water partition coefficient (Wildman–Crippen LogP) is 2.35. The summed E-state index contributed by atoms with van der Waals surface area (Å²) in [5, 5.41) is 8.89. The van der Waals surface area contributed by atoms with Crippen LogP contribution in [0.1, 0.15) is 37.0 Å². The van der Waals surface area contributed by atoms with Crippen molar-refractivity contribution in [3.05, 3.63) is 23.9 Å². The van der Waals surface area contributed by atoms with Crippen LogP contribution in [0, 0.1) is 0 Å². The first-order chi connectivity index (χ1) is 7.15. The van der Waals surface area contributed by atoms with Gasteiger partial charge in [-0.1, -0.05) is 13.3 Å². The van der Waals surface area contributed by atoms with Crippen LogP contribution in [0.25, 0.3) is 0 Å². The Balaban J connectivity index is 2.79. The maximum atomic E-state index is 10.8. The number of carbonyl (C=O) groups is 1. The minimum atomic E-state index is -1.01. The molecule has 0 aliphatic rings. The lowest BCUT2D eigenvalue weighted by Gasteiger charge is -2.13. The monoisotopic (exact) mass is 209 g/mol. The van der Waals surface area contributed by atoms with Crippen molar-refractivity contribution < 1.29 is 14.6 Å². The van der Waals surface area contributed by atoms with Gasteiger partial charge in [0.25, 0.3) is 0 Å². The summed E-state index contributed by atoms with van der Waals surface area (Å²) in [4.78, 5) is 14.8. The van der Waals surface area contributed by atoms with E-state index in [2.05, 4.69) is 11.9 Å². The fourth-order valence-corrected chi connectivity index (χ4v) is 1.30. The lowest BCUT2D eigenvalue weighted by atomic mass is 10.2. The molecule has 0 bridgehead atoms. The van der Waals surface area contributed by atoms with Gasteiger partial charge in [-0.15, -0.1) is 0 Å². The van der Waals surface area contributed by atoms with E-state index in [1.165, 1.54) is 12.3 Å². The normalized spacial score (nSPS) is 12.1. The van der Waals surface area contributed by atoms with Gasteiger partial charge in [0.05, 0.1) is 6.10 Å². The summed E-state index contributed by atoms with van der Waals surface area (Å²) in [6, 6.07) is 3.07. The Morgan fingerprint density at radius 3 is 3.00 bits per heavy atom. The van der Waals surface area contributed by atoms with Gasteiger partial charge in [-0.25, -0.2) is 9.78 Å². The molecule has 1 rings (SSSR count). The summed E-state index contributed by atoms with van der Waals surface area (Å²) >= 11 is 0. The molecule has 0 aliphatic carbocycles. The lowest BCUT2D eigenvalue weighted by molar-refractivity contribution is 0.0688. The average molecular weight is 209 g/mol. The number of hydrogen-bond donors (Lipinski definition) is 1. The molecular formula is C11H15NO3. The quantitative estimate of drug-likeness (QED) is 0.808. The van der Waals surface area contributed by atoms with Crippen LogP contribution in [0.15, 0.2) is 18.3 Å². The van der Waals surface area contributed by atoms with Crippen molar-refractivity contribution in [1.29, 1.82) is 0 Å². The molecule has 4 heteroatoms. The largest absolute Gasteiger partial charge is 0.477 e. The third-order valence-corrected chi connectivity index (χ3v) is 2.01. The molecule has 1 heterocycles. The molecule has 0 spiro atoms. The van der Waals surface area contributed by atoms with E-state index in [1.807, 2.05) is 6.92 Å². The van der Waals surface area contributed by atoms with Crippen molar-refractivity contribution in [3.63, 3.8) is 0 Å². The topological polar surface area (TPSA) is 59.4 Å². The number of aromatic carboxylic acids is 1. The number of pyridine rings is 1. The number of hydrogen-bond acceptors (Lipinski definition) is 3. The average Bonchev–Trinajstić information content (AvgIpc) is 2.18. The molecule has 0 aromatic carbocycles. The molecule has 0 saturated carbocycles. The first kappa shape index (κ1) is 11.5. The highest BCUT2D eigenvalue weighted by atomic mass is 16.5. The number of ether oxygens (including phenoxy) is 1. The number of carboxylic acids is 1. The van der Waals surface area contributed by atoms with Gasteiger partial charge in [0.15, 0.2) is 0 Å². The van der Waals surface area contributed by atoms with E-state index in [4.69, 9.17) is 9.84 Å². The Labute approximate surface area is 88.9 Å². The number of carboxylic acid groups (broad SMARTS) is 1. The van der Waals surface area contributed by atoms with Gasteiger partial charge in [0.1, 0.15) is 5.56 Å². The van der Waals surface area contributed by atoms with Gasteiger partial charge in [-0.05, 0) is 25.5 Å². The SMILES string of the molecule is CCCC(C)Oc1ncccc1C(=O)O. The van der Waals surface area contributed by atoms with Gasteiger partial charge in [-0.3, -0.25) is 0 Å². The zero-order valence-electron chi connectivity index (χ0n) is 8.93. The molecular weight excluding hydrogens is 194 g/mol. The molecule has 0 amide bonds. The van der Waals surface area contributed by atoms with E-state index in [0.29, 0.717) is 0 Å². The first-order valence-electron chi connectivity index (χ1n) is 5.00. The van der Waals surface area contributed by atoms with Crippen LogP contribution in [0.3, 0.4) is 0 Å². The van der Waals surface area contributed by atoms with E-state index >= 15 is 0 Å². The molecule has 0 radical (unpaired) electrons. The molecule has 1 aromatic heterocycles. The number of rotatable bonds is 5. The van der Waals surface area contributed by atoms with E-state index in [-0.39, 0.29) is 17.5 Å². The Morgan fingerprint density at radius 1 is 1.67 bits per heavy atom. The molecule has 1 atom stereocenters. The van der Waals surface area contributed by atoms with E-state index in [0.717, 1.165) is 12.8 Å². The fourth-order valence-electron chi connectivity index (χ4n) is 1.30. The minimum Gasteiger partial charge on any atom is -0.477 e. The van der Waals surface area contributed by atoms with Gasteiger partial charge < -0.3 is 9.84 Å². The van der Waals surface area contributed by atoms with Crippen LogP contribution < -0.4 is 4.74 Å². The van der Waals surface area contributed by atoms with Crippen LogP contribution in [0.4, 0.5) is 0 Å². The molecule has 82 valence electrons. The van der Waals surface area contributed by atoms with Gasteiger partial charge in [-0.2, -0.15) is 0 Å². The molecule has 1 unspecified atom stereocenters. The van der Waals surface area contributed by atoms with E-state index in [9.17, 15) is 4.79 Å². The molecule has 0 aliphatic heterocycles. The lowest BCUT2D eigenvalue weighted by Crippen LogP contribution is -2.14. The van der Waals surface area contributed by atoms with Gasteiger partial charge >= 0.3 is 5.97 Å². The standard InChI is InChI=1S/C11H15NO3/c1-3-5-8(2)15-10-9(11(13)14)6-4-7-12-10/h4,6-8H,3,5H2,1-2H3,(H,13,14). The van der Waals surface area contributed by atoms with Crippen molar-refractivity contribution in [2.45, 2.75) is 32.8 Å². The zero-order valence-corrected chi connectivity index (χ0v) is 8.93. The summed E-state index contributed by atoms with van der Waals surface area (Å²) in [7, 11) is 0. The highest BCUT2D eigenvalue weighted by Gasteiger charge is 2.13. The van der Waals surface area contributed by atoms with Crippen molar-refractivity contribution in [3.8, 4) is 5.88 Å². The minimum absolute atomic E-state index is 0.0111. The van der Waals surface area contributed by atoms with E-state index < -0.39 is 5.97 Å². The van der Waals surface area contributed by atoms with Crippen molar-refractivity contribution in [1.82, 2.24) is 4.98 Å². The smallest absolute Gasteiger partial charge is 0.341 e. The Kier molecular flexibility index (Phi) is 4.09. The Bertz CT molecular complexity index is 338. The van der Waals surface area contributed by atoms with Crippen LogP contribution in [0.2, 0.25) is 0 Å². The van der Waals surface area contributed by atoms with Crippen molar-refractivity contribution >= 4 is 5.97 Å². The van der Waals surface area contributed by atoms with Crippen LogP contribution >= 0.6 is 0 Å². The number of nitrogens with zero attached hydrogens (tertiary/aromatic N) is 1. The molecule has 4 nitrogen and oxygen atoms in total. The van der Waals surface area contributed by atoms with Gasteiger partial charge in [0.2, 0.25) is 5.88 Å². The summed E-state index contributed by atoms with van der Waals surface area (Å²) in [6.45, 7) is 3.96. The summed E-state index contributed by atoms with van der Waals surface area (Å²) in [5.41, 5.74) is 0.112. The predicted molar refractivity (Wildman–Crippen MR) is 56.2 cm³/mol. The molecule has 1 aromatic rings. The Morgan fingerprint density at radius 2 is 2.40 bits per heavy atom. The Hall–Kier alpha value is -1.58. The van der Waals surface area contributed by atoms with Gasteiger partial charge in [0, 0.05) is 6.20 Å². The molecule has 15 heavy (non-hydrogen) atoms. The van der Waals surface area contributed by atoms with Crippen molar-refractivity contribution in [2.24, 2.45) is 0 Å². The van der Waals surface area contributed by atoms with Crippen LogP contribution in [-0.4, -0.2) is 22.2 Å². The first-order valence-corrected chi connectivity index (χ1v) is 5.00. The van der Waals surface area contributed by atoms with Crippen LogP contribution in [0.5, 0.6) is 5.88 Å². The van der Waals surface area contributed by atoms with Crippen LogP contribution in [-0.2, 0) is 0 Å². The second-order valence-corrected chi connectivity index (χ2v) is 3.38. The van der Waals surface area contributed by atoms with E-state index in [1.54, 1.807) is 6.07 Å². The van der Waals surface area contributed by atoms with Crippen molar-refractivity contribution in [2.75, 3.05) is 0 Å².